The number of hydrogen-bond acceptors (Lipinski definition) is 4. The Bertz CT molecular complexity index is 1130. The Balaban J connectivity index is 1.40. The van der Waals surface area contributed by atoms with E-state index in [1.54, 1.807) is 0 Å². The van der Waals surface area contributed by atoms with Gasteiger partial charge < -0.3 is 4.57 Å². The van der Waals surface area contributed by atoms with Crippen molar-refractivity contribution in [3.8, 4) is 0 Å². The quantitative estimate of drug-likeness (QED) is 0.447. The zero-order valence-corrected chi connectivity index (χ0v) is 21.9. The molecule has 0 bridgehead atoms. The summed E-state index contributed by atoms with van der Waals surface area (Å²) < 4.78 is 2.28. The van der Waals surface area contributed by atoms with E-state index >= 15 is 0 Å². The normalized spacial score (nSPS) is 18.0. The van der Waals surface area contributed by atoms with Gasteiger partial charge in [0, 0.05) is 50.4 Å². The molecule has 1 aliphatic heterocycles. The van der Waals surface area contributed by atoms with Crippen LogP contribution in [-0.2, 0) is 13.0 Å². The minimum atomic E-state index is 0.638. The maximum Gasteiger partial charge on any atom is 0.160 e. The van der Waals surface area contributed by atoms with E-state index in [0.717, 1.165) is 48.7 Å². The van der Waals surface area contributed by atoms with Crippen molar-refractivity contribution in [1.82, 2.24) is 24.3 Å². The molecule has 3 heterocycles. The molecule has 1 unspecified atom stereocenters. The average molecular weight is 460 g/mol. The maximum atomic E-state index is 4.88. The molecule has 0 aliphatic carbocycles. The summed E-state index contributed by atoms with van der Waals surface area (Å²) in [6, 6.07) is 12.4. The van der Waals surface area contributed by atoms with Crippen LogP contribution in [-0.4, -0.2) is 62.6 Å². The Hall–Kier alpha value is -2.50. The fourth-order valence-electron chi connectivity index (χ4n) is 5.28. The molecule has 4 rings (SSSR count). The summed E-state index contributed by atoms with van der Waals surface area (Å²) in [5, 5.41) is 0. The molecule has 1 fully saturated rings. The summed E-state index contributed by atoms with van der Waals surface area (Å²) in [6.07, 6.45) is 6.71. The van der Waals surface area contributed by atoms with E-state index in [2.05, 4.69) is 98.4 Å². The van der Waals surface area contributed by atoms with Gasteiger partial charge in [-0.2, -0.15) is 0 Å². The third kappa shape index (κ3) is 5.42. The molecular formula is C29H41N5. The number of pyridine rings is 1. The van der Waals surface area contributed by atoms with Crippen molar-refractivity contribution >= 4 is 17.2 Å². The topological polar surface area (TPSA) is 37.2 Å². The molecule has 3 aromatic rings. The second-order valence-corrected chi connectivity index (χ2v) is 10.0. The first-order chi connectivity index (χ1) is 16.4. The van der Waals surface area contributed by atoms with Crippen molar-refractivity contribution in [3.63, 3.8) is 0 Å². The Morgan fingerprint density at radius 2 is 1.82 bits per heavy atom. The average Bonchev–Trinajstić information content (AvgIpc) is 3.17. The van der Waals surface area contributed by atoms with Crippen LogP contribution >= 0.6 is 0 Å². The molecule has 34 heavy (non-hydrogen) atoms. The third-order valence-corrected chi connectivity index (χ3v) is 7.16. The molecule has 2 aromatic heterocycles. The van der Waals surface area contributed by atoms with Crippen LogP contribution in [0.25, 0.3) is 17.2 Å². The van der Waals surface area contributed by atoms with Crippen LogP contribution in [0.3, 0.4) is 0 Å². The number of rotatable bonds is 8. The molecule has 1 aliphatic rings. The lowest BCUT2D eigenvalue weighted by Gasteiger charge is -2.43. The SMILES string of the molecule is CCc1nc2c(C)cc(C)nc2n1Cc1ccc(/C=C/CN2CCN(C(C)C)C(CC)C2)cc1. The van der Waals surface area contributed by atoms with Crippen LogP contribution in [0.1, 0.15) is 62.3 Å². The summed E-state index contributed by atoms with van der Waals surface area (Å²) in [5.41, 5.74) is 6.82. The van der Waals surface area contributed by atoms with Crippen LogP contribution in [0, 0.1) is 13.8 Å². The van der Waals surface area contributed by atoms with Crippen LogP contribution < -0.4 is 0 Å². The summed E-state index contributed by atoms with van der Waals surface area (Å²) in [6.45, 7) is 18.6. The summed E-state index contributed by atoms with van der Waals surface area (Å²) in [5.74, 6) is 1.10. The minimum absolute atomic E-state index is 0.638. The van der Waals surface area contributed by atoms with Gasteiger partial charge in [-0.3, -0.25) is 9.80 Å². The molecule has 0 amide bonds. The van der Waals surface area contributed by atoms with E-state index in [4.69, 9.17) is 9.97 Å². The van der Waals surface area contributed by atoms with Crippen LogP contribution in [0.15, 0.2) is 36.4 Å². The number of benzene rings is 1. The largest absolute Gasteiger partial charge is 0.308 e. The predicted octanol–water partition coefficient (Wildman–Crippen LogP) is 5.48. The zero-order valence-electron chi connectivity index (χ0n) is 21.9. The first-order valence-corrected chi connectivity index (χ1v) is 13.0. The highest BCUT2D eigenvalue weighted by Crippen LogP contribution is 2.21. The second-order valence-electron chi connectivity index (χ2n) is 10.0. The highest BCUT2D eigenvalue weighted by Gasteiger charge is 2.26. The van der Waals surface area contributed by atoms with Crippen molar-refractivity contribution in [2.24, 2.45) is 0 Å². The van der Waals surface area contributed by atoms with Gasteiger partial charge in [0.25, 0.3) is 0 Å². The number of piperazine rings is 1. The van der Waals surface area contributed by atoms with Crippen molar-refractivity contribution < 1.29 is 0 Å². The number of aryl methyl sites for hydroxylation is 3. The highest BCUT2D eigenvalue weighted by molar-refractivity contribution is 5.76. The van der Waals surface area contributed by atoms with E-state index in [-0.39, 0.29) is 0 Å². The Kier molecular flexibility index (Phi) is 7.84. The molecule has 1 atom stereocenters. The van der Waals surface area contributed by atoms with Gasteiger partial charge in [0.1, 0.15) is 11.3 Å². The summed E-state index contributed by atoms with van der Waals surface area (Å²) in [4.78, 5) is 14.9. The molecule has 0 spiro atoms. The number of imidazole rings is 1. The van der Waals surface area contributed by atoms with Gasteiger partial charge in [-0.05, 0) is 56.9 Å². The fourth-order valence-corrected chi connectivity index (χ4v) is 5.28. The van der Waals surface area contributed by atoms with Gasteiger partial charge >= 0.3 is 0 Å². The van der Waals surface area contributed by atoms with E-state index in [1.165, 1.54) is 36.2 Å². The second kappa shape index (κ2) is 10.8. The molecular weight excluding hydrogens is 418 g/mol. The van der Waals surface area contributed by atoms with Gasteiger partial charge in [0.2, 0.25) is 0 Å². The molecule has 0 saturated carbocycles. The van der Waals surface area contributed by atoms with Gasteiger partial charge in [-0.25, -0.2) is 9.97 Å². The summed E-state index contributed by atoms with van der Waals surface area (Å²) in [7, 11) is 0. The maximum absolute atomic E-state index is 4.88. The number of hydrogen-bond donors (Lipinski definition) is 0. The van der Waals surface area contributed by atoms with Gasteiger partial charge in [0.05, 0.1) is 6.54 Å². The van der Waals surface area contributed by atoms with Crippen LogP contribution in [0.5, 0.6) is 0 Å². The summed E-state index contributed by atoms with van der Waals surface area (Å²) >= 11 is 0. The minimum Gasteiger partial charge on any atom is -0.308 e. The lowest BCUT2D eigenvalue weighted by atomic mass is 10.1. The van der Waals surface area contributed by atoms with Gasteiger partial charge in [-0.1, -0.05) is 50.3 Å². The smallest absolute Gasteiger partial charge is 0.160 e. The Labute approximate surface area is 205 Å². The lowest BCUT2D eigenvalue weighted by Crippen LogP contribution is -2.55. The molecule has 1 saturated heterocycles. The third-order valence-electron chi connectivity index (χ3n) is 7.16. The van der Waals surface area contributed by atoms with E-state index in [0.29, 0.717) is 12.1 Å². The molecule has 5 nitrogen and oxygen atoms in total. The number of aromatic nitrogens is 3. The lowest BCUT2D eigenvalue weighted by molar-refractivity contribution is 0.0553. The number of fused-ring (bicyclic) bond motifs is 1. The van der Waals surface area contributed by atoms with Crippen molar-refractivity contribution in [2.75, 3.05) is 26.2 Å². The van der Waals surface area contributed by atoms with Gasteiger partial charge in [-0.15, -0.1) is 0 Å². The van der Waals surface area contributed by atoms with Crippen molar-refractivity contribution in [3.05, 3.63) is 64.6 Å². The Morgan fingerprint density at radius 3 is 2.50 bits per heavy atom. The number of nitrogens with zero attached hydrogens (tertiary/aromatic N) is 5. The monoisotopic (exact) mass is 459 g/mol. The fraction of sp³-hybridized carbons (Fsp3) is 0.517. The molecule has 0 N–H and O–H groups in total. The predicted molar refractivity (Wildman–Crippen MR) is 143 cm³/mol. The zero-order chi connectivity index (χ0) is 24.2. The standard InChI is InChI=1S/C29H41N5/c1-7-26-20-32(16-17-33(26)21(3)4)15-9-10-24-11-13-25(14-12-24)19-34-27(8-2)31-28-22(5)18-23(6)30-29(28)34/h9-14,18,21,26H,7-8,15-17,19-20H2,1-6H3/b10-9+. The first kappa shape index (κ1) is 24.6. The Morgan fingerprint density at radius 1 is 1.06 bits per heavy atom. The molecule has 5 heteroatoms. The van der Waals surface area contributed by atoms with Crippen LogP contribution in [0.4, 0.5) is 0 Å². The van der Waals surface area contributed by atoms with Crippen molar-refractivity contribution in [2.45, 2.75) is 73.0 Å². The molecule has 1 aromatic carbocycles. The molecule has 0 radical (unpaired) electrons. The first-order valence-electron chi connectivity index (χ1n) is 13.0. The van der Waals surface area contributed by atoms with Crippen molar-refractivity contribution in [1.29, 1.82) is 0 Å². The highest BCUT2D eigenvalue weighted by atomic mass is 15.3. The van der Waals surface area contributed by atoms with Crippen LogP contribution in [0.2, 0.25) is 0 Å². The van der Waals surface area contributed by atoms with E-state index in [1.807, 2.05) is 0 Å². The molecule has 182 valence electrons. The van der Waals surface area contributed by atoms with Gasteiger partial charge in [0.15, 0.2) is 5.65 Å². The van der Waals surface area contributed by atoms with E-state index in [9.17, 15) is 0 Å². The van der Waals surface area contributed by atoms with E-state index < -0.39 is 0 Å².